The van der Waals surface area contributed by atoms with Gasteiger partial charge >= 0.3 is 0 Å². The average Bonchev–Trinajstić information content (AvgIpc) is 2.38. The Hall–Kier alpha value is -2.62. The molecule has 0 heterocycles. The molecule has 0 radical (unpaired) electrons. The Bertz CT molecular complexity index is 522. The van der Waals surface area contributed by atoms with Gasteiger partial charge in [-0.05, 0) is 19.1 Å². The molecular weight excluding hydrogens is 248 g/mol. The summed E-state index contributed by atoms with van der Waals surface area (Å²) in [6.07, 6.45) is 0.298. The zero-order chi connectivity index (χ0) is 14.3. The van der Waals surface area contributed by atoms with E-state index >= 15 is 0 Å². The number of hydrogen-bond acceptors (Lipinski definition) is 5. The summed E-state index contributed by atoms with van der Waals surface area (Å²) in [6.45, 7) is 2.81. The third-order valence-electron chi connectivity index (χ3n) is 2.37. The average molecular weight is 262 g/mol. The minimum absolute atomic E-state index is 0.00647. The highest BCUT2D eigenvalue weighted by Crippen LogP contribution is 2.21. The van der Waals surface area contributed by atoms with E-state index in [0.717, 1.165) is 0 Å². The number of nitro benzene ring substituents is 1. The van der Waals surface area contributed by atoms with Crippen molar-refractivity contribution in [2.45, 2.75) is 13.3 Å². The van der Waals surface area contributed by atoms with Gasteiger partial charge in [-0.25, -0.2) is 0 Å². The van der Waals surface area contributed by atoms with Crippen molar-refractivity contribution in [3.63, 3.8) is 0 Å². The number of hydrogen-bond donors (Lipinski definition) is 2. The molecule has 100 valence electrons. The fraction of sp³-hybridized carbons (Fsp3) is 0.333. The highest BCUT2D eigenvalue weighted by atomic mass is 16.6. The molecule has 1 aromatic rings. The fourth-order valence-electron chi connectivity index (χ4n) is 1.50. The number of carbonyl (C=O) groups excluding carboxylic acids is 1. The number of nitro groups is 1. The van der Waals surface area contributed by atoms with Gasteiger partial charge in [0, 0.05) is 31.3 Å². The molecule has 7 nitrogen and oxygen atoms in total. The molecule has 0 fully saturated rings. The predicted octanol–water partition coefficient (Wildman–Crippen LogP) is 1.40. The van der Waals surface area contributed by atoms with Crippen LogP contribution >= 0.6 is 0 Å². The second kappa shape index (κ2) is 6.96. The topological polar surface area (TPSA) is 108 Å². The number of rotatable bonds is 6. The number of amides is 1. The predicted molar refractivity (Wildman–Crippen MR) is 69.6 cm³/mol. The lowest BCUT2D eigenvalue weighted by atomic mass is 10.1. The Kier molecular flexibility index (Phi) is 5.29. The number of nitriles is 1. The van der Waals surface area contributed by atoms with Gasteiger partial charge in [0.05, 0.1) is 4.92 Å². The summed E-state index contributed by atoms with van der Waals surface area (Å²) in [5, 5.41) is 25.1. The normalized spacial score (nSPS) is 9.47. The second-order valence-electron chi connectivity index (χ2n) is 3.73. The standard InChI is InChI=1S/C12H14N4O3/c1-2-14-12(17)5-6-15-10-3-4-11(16(18)19)9(7-10)8-13/h3-4,7,15H,2,5-6H2,1H3,(H,14,17). The molecule has 2 N–H and O–H groups in total. The Morgan fingerprint density at radius 2 is 2.26 bits per heavy atom. The lowest BCUT2D eigenvalue weighted by molar-refractivity contribution is -0.385. The molecule has 0 aliphatic carbocycles. The van der Waals surface area contributed by atoms with E-state index in [9.17, 15) is 14.9 Å². The van der Waals surface area contributed by atoms with Gasteiger partial charge in [-0.1, -0.05) is 0 Å². The minimum Gasteiger partial charge on any atom is -0.384 e. The molecule has 1 aromatic carbocycles. The number of anilines is 1. The van der Waals surface area contributed by atoms with Gasteiger partial charge < -0.3 is 10.6 Å². The van der Waals surface area contributed by atoms with E-state index in [1.165, 1.54) is 18.2 Å². The molecule has 1 rings (SSSR count). The van der Waals surface area contributed by atoms with Crippen LogP contribution in [0.25, 0.3) is 0 Å². The molecular formula is C12H14N4O3. The summed E-state index contributed by atoms with van der Waals surface area (Å²) in [5.74, 6) is -0.0718. The smallest absolute Gasteiger partial charge is 0.287 e. The van der Waals surface area contributed by atoms with Crippen LogP contribution in [0, 0.1) is 21.4 Å². The molecule has 19 heavy (non-hydrogen) atoms. The molecule has 0 saturated heterocycles. The summed E-state index contributed by atoms with van der Waals surface area (Å²) in [5.41, 5.74) is 0.344. The zero-order valence-electron chi connectivity index (χ0n) is 10.5. The number of nitrogens with zero attached hydrogens (tertiary/aromatic N) is 2. The van der Waals surface area contributed by atoms with Gasteiger partial charge in [0.1, 0.15) is 11.6 Å². The van der Waals surface area contributed by atoms with Gasteiger partial charge in [0.25, 0.3) is 5.69 Å². The van der Waals surface area contributed by atoms with Gasteiger partial charge in [-0.15, -0.1) is 0 Å². The number of carbonyl (C=O) groups is 1. The molecule has 0 spiro atoms. The van der Waals surface area contributed by atoms with Gasteiger partial charge in [-0.3, -0.25) is 14.9 Å². The SMILES string of the molecule is CCNC(=O)CCNc1ccc([N+](=O)[O-])c(C#N)c1. The highest BCUT2D eigenvalue weighted by Gasteiger charge is 2.13. The van der Waals surface area contributed by atoms with E-state index in [0.29, 0.717) is 25.2 Å². The molecule has 7 heteroatoms. The molecule has 0 bridgehead atoms. The molecule has 0 aliphatic heterocycles. The van der Waals surface area contributed by atoms with E-state index in [4.69, 9.17) is 5.26 Å². The first kappa shape index (κ1) is 14.4. The monoisotopic (exact) mass is 262 g/mol. The van der Waals surface area contributed by atoms with E-state index in [2.05, 4.69) is 10.6 Å². The third kappa shape index (κ3) is 4.27. The van der Waals surface area contributed by atoms with Crippen LogP contribution < -0.4 is 10.6 Å². The van der Waals surface area contributed by atoms with Crippen molar-refractivity contribution in [1.82, 2.24) is 5.32 Å². The first-order chi connectivity index (χ1) is 9.08. The van der Waals surface area contributed by atoms with Crippen LogP contribution in [0.3, 0.4) is 0 Å². The Balaban J connectivity index is 2.64. The van der Waals surface area contributed by atoms with Crippen LogP contribution in [-0.2, 0) is 4.79 Å². The highest BCUT2D eigenvalue weighted by molar-refractivity contribution is 5.76. The maximum Gasteiger partial charge on any atom is 0.287 e. The molecule has 0 saturated carbocycles. The van der Waals surface area contributed by atoms with Gasteiger partial charge in [0.2, 0.25) is 5.91 Å². The van der Waals surface area contributed by atoms with Crippen molar-refractivity contribution in [1.29, 1.82) is 5.26 Å². The first-order valence-corrected chi connectivity index (χ1v) is 5.77. The molecule has 0 atom stereocenters. The van der Waals surface area contributed by atoms with E-state index < -0.39 is 4.92 Å². The van der Waals surface area contributed by atoms with Crippen molar-refractivity contribution in [3.8, 4) is 6.07 Å². The largest absolute Gasteiger partial charge is 0.384 e. The lowest BCUT2D eigenvalue weighted by Gasteiger charge is -2.06. The fourth-order valence-corrected chi connectivity index (χ4v) is 1.50. The van der Waals surface area contributed by atoms with Gasteiger partial charge in [-0.2, -0.15) is 5.26 Å². The van der Waals surface area contributed by atoms with Crippen LogP contribution in [0.5, 0.6) is 0 Å². The molecule has 1 amide bonds. The van der Waals surface area contributed by atoms with E-state index in [1.54, 1.807) is 6.07 Å². The Labute approximate surface area is 110 Å². The summed E-state index contributed by atoms with van der Waals surface area (Å²) in [7, 11) is 0. The third-order valence-corrected chi connectivity index (χ3v) is 2.37. The van der Waals surface area contributed by atoms with Crippen molar-refractivity contribution in [2.75, 3.05) is 18.4 Å². The Morgan fingerprint density at radius 3 is 2.84 bits per heavy atom. The number of nitrogens with one attached hydrogen (secondary N) is 2. The van der Waals surface area contributed by atoms with Crippen molar-refractivity contribution < 1.29 is 9.72 Å². The van der Waals surface area contributed by atoms with E-state index in [-0.39, 0.29) is 17.2 Å². The summed E-state index contributed by atoms with van der Waals surface area (Å²) < 4.78 is 0. The van der Waals surface area contributed by atoms with Crippen LogP contribution in [0.1, 0.15) is 18.9 Å². The lowest BCUT2D eigenvalue weighted by Crippen LogP contribution is -2.24. The quantitative estimate of drug-likeness (QED) is 0.595. The Morgan fingerprint density at radius 1 is 1.53 bits per heavy atom. The first-order valence-electron chi connectivity index (χ1n) is 5.77. The van der Waals surface area contributed by atoms with Crippen molar-refractivity contribution in [3.05, 3.63) is 33.9 Å². The summed E-state index contributed by atoms with van der Waals surface area (Å²) in [6, 6.07) is 5.96. The maximum atomic E-state index is 11.2. The van der Waals surface area contributed by atoms with Crippen molar-refractivity contribution >= 4 is 17.3 Å². The van der Waals surface area contributed by atoms with Crippen LogP contribution in [0.15, 0.2) is 18.2 Å². The van der Waals surface area contributed by atoms with Gasteiger partial charge in [0.15, 0.2) is 0 Å². The van der Waals surface area contributed by atoms with Crippen LogP contribution in [0.4, 0.5) is 11.4 Å². The second-order valence-corrected chi connectivity index (χ2v) is 3.73. The molecule has 0 unspecified atom stereocenters. The molecule has 0 aromatic heterocycles. The summed E-state index contributed by atoms with van der Waals surface area (Å²) in [4.78, 5) is 21.3. The number of benzene rings is 1. The summed E-state index contributed by atoms with van der Waals surface area (Å²) >= 11 is 0. The zero-order valence-corrected chi connectivity index (χ0v) is 10.5. The van der Waals surface area contributed by atoms with E-state index in [1.807, 2.05) is 6.92 Å². The van der Waals surface area contributed by atoms with Crippen LogP contribution in [0.2, 0.25) is 0 Å². The molecule has 0 aliphatic rings. The maximum absolute atomic E-state index is 11.2. The minimum atomic E-state index is -0.600. The van der Waals surface area contributed by atoms with Crippen LogP contribution in [-0.4, -0.2) is 23.9 Å². The van der Waals surface area contributed by atoms with Crippen molar-refractivity contribution in [2.24, 2.45) is 0 Å².